The van der Waals surface area contributed by atoms with Gasteiger partial charge >= 0.3 is 5.97 Å². The van der Waals surface area contributed by atoms with E-state index >= 15 is 0 Å². The number of hydrogen-bond acceptors (Lipinski definition) is 4. The minimum atomic E-state index is -0.648. The number of methoxy groups -OCH3 is 1. The van der Waals surface area contributed by atoms with Gasteiger partial charge in [0, 0.05) is 18.1 Å². The van der Waals surface area contributed by atoms with Crippen LogP contribution in [0.2, 0.25) is 5.02 Å². The largest absolute Gasteiger partial charge is 0.468 e. The molecule has 1 fully saturated rings. The fourth-order valence-corrected chi connectivity index (χ4v) is 2.40. The van der Waals surface area contributed by atoms with E-state index < -0.39 is 12.0 Å². The maximum atomic E-state index is 12.0. The number of esters is 1. The van der Waals surface area contributed by atoms with Crippen LogP contribution >= 0.6 is 11.6 Å². The van der Waals surface area contributed by atoms with E-state index in [4.69, 9.17) is 16.3 Å². The van der Waals surface area contributed by atoms with Crippen LogP contribution in [-0.2, 0) is 14.3 Å². The van der Waals surface area contributed by atoms with E-state index in [2.05, 4.69) is 5.32 Å². The van der Waals surface area contributed by atoms with Crippen molar-refractivity contribution in [2.24, 2.45) is 0 Å². The molecule has 0 unspecified atom stereocenters. The van der Waals surface area contributed by atoms with E-state index in [-0.39, 0.29) is 12.5 Å². The van der Waals surface area contributed by atoms with Crippen LogP contribution in [0.4, 0.5) is 0 Å². The fraction of sp³-hybridized carbons (Fsp3) is 0.385. The lowest BCUT2D eigenvalue weighted by Crippen LogP contribution is -2.50. The molecule has 0 saturated carbocycles. The van der Waals surface area contributed by atoms with Gasteiger partial charge in [-0.05, 0) is 11.6 Å². The summed E-state index contributed by atoms with van der Waals surface area (Å²) in [4.78, 5) is 25.3. The van der Waals surface area contributed by atoms with Crippen molar-refractivity contribution in [3.63, 3.8) is 0 Å². The molecule has 5 nitrogen and oxygen atoms in total. The molecule has 1 atom stereocenters. The maximum absolute atomic E-state index is 12.0. The molecule has 1 saturated heterocycles. The van der Waals surface area contributed by atoms with Gasteiger partial charge in [0.2, 0.25) is 5.91 Å². The number of halogens is 1. The summed E-state index contributed by atoms with van der Waals surface area (Å²) in [6, 6.07) is 6.45. The number of amides is 1. The molecule has 1 amide bonds. The van der Waals surface area contributed by atoms with E-state index in [0.717, 1.165) is 0 Å². The van der Waals surface area contributed by atoms with E-state index in [1.807, 2.05) is 0 Å². The average molecular weight is 283 g/mol. The van der Waals surface area contributed by atoms with Gasteiger partial charge in [0.1, 0.15) is 6.04 Å². The quantitative estimate of drug-likeness (QED) is 0.840. The van der Waals surface area contributed by atoms with Crippen molar-refractivity contribution >= 4 is 23.5 Å². The highest BCUT2D eigenvalue weighted by molar-refractivity contribution is 6.31. The summed E-state index contributed by atoms with van der Waals surface area (Å²) in [6.07, 6.45) is 0. The van der Waals surface area contributed by atoms with Gasteiger partial charge in [-0.15, -0.1) is 0 Å². The molecule has 1 aliphatic heterocycles. The number of piperazine rings is 1. The number of carbonyl (C=O) groups is 2. The molecule has 1 aromatic rings. The zero-order valence-electron chi connectivity index (χ0n) is 10.6. The normalized spacial score (nSPS) is 17.7. The van der Waals surface area contributed by atoms with Crippen molar-refractivity contribution < 1.29 is 14.3 Å². The lowest BCUT2D eigenvalue weighted by molar-refractivity contribution is -0.148. The maximum Gasteiger partial charge on any atom is 0.327 e. The third-order valence-electron chi connectivity index (χ3n) is 3.06. The Morgan fingerprint density at radius 1 is 1.47 bits per heavy atom. The monoisotopic (exact) mass is 282 g/mol. The molecule has 0 spiro atoms. The van der Waals surface area contributed by atoms with Crippen LogP contribution in [0.5, 0.6) is 0 Å². The van der Waals surface area contributed by atoms with E-state index in [1.165, 1.54) is 7.11 Å². The van der Waals surface area contributed by atoms with E-state index in [9.17, 15) is 9.59 Å². The zero-order valence-corrected chi connectivity index (χ0v) is 11.3. The Morgan fingerprint density at radius 3 is 2.84 bits per heavy atom. The summed E-state index contributed by atoms with van der Waals surface area (Å²) in [5, 5.41) is 3.21. The Bertz CT molecular complexity index is 493. The molecule has 0 aliphatic carbocycles. The lowest BCUT2D eigenvalue weighted by atomic mass is 10.0. The molecule has 6 heteroatoms. The van der Waals surface area contributed by atoms with Gasteiger partial charge in [-0.25, -0.2) is 4.79 Å². The topological polar surface area (TPSA) is 58.6 Å². The Kier molecular flexibility index (Phi) is 4.39. The van der Waals surface area contributed by atoms with Crippen LogP contribution in [0.3, 0.4) is 0 Å². The summed E-state index contributed by atoms with van der Waals surface area (Å²) in [7, 11) is 1.33. The smallest absolute Gasteiger partial charge is 0.327 e. The number of benzene rings is 1. The predicted molar refractivity (Wildman–Crippen MR) is 70.8 cm³/mol. The fourth-order valence-electron chi connectivity index (χ4n) is 2.16. The molecule has 1 aromatic carbocycles. The SMILES string of the molecule is COC(=O)[C@@H](c1ccccc1Cl)N1CCNC(=O)C1. The molecule has 2 rings (SSSR count). The first-order chi connectivity index (χ1) is 9.13. The number of rotatable bonds is 3. The van der Waals surface area contributed by atoms with Crippen molar-refractivity contribution in [1.82, 2.24) is 10.2 Å². The number of hydrogen-bond donors (Lipinski definition) is 1. The first kappa shape index (κ1) is 13.8. The van der Waals surface area contributed by atoms with Gasteiger partial charge in [-0.2, -0.15) is 0 Å². The lowest BCUT2D eigenvalue weighted by Gasteiger charge is -2.32. The molecule has 1 N–H and O–H groups in total. The van der Waals surface area contributed by atoms with Crippen LogP contribution in [0.25, 0.3) is 0 Å². The minimum absolute atomic E-state index is 0.104. The van der Waals surface area contributed by atoms with Gasteiger partial charge in [0.25, 0.3) is 0 Å². The van der Waals surface area contributed by atoms with Gasteiger partial charge in [-0.1, -0.05) is 29.8 Å². The van der Waals surface area contributed by atoms with Gasteiger partial charge in [0.15, 0.2) is 0 Å². The van der Waals surface area contributed by atoms with Crippen LogP contribution in [0.1, 0.15) is 11.6 Å². The summed E-state index contributed by atoms with van der Waals surface area (Å²) in [5.74, 6) is -0.519. The van der Waals surface area contributed by atoms with Gasteiger partial charge < -0.3 is 10.1 Å². The molecule has 0 radical (unpaired) electrons. The predicted octanol–water partition coefficient (Wildman–Crippen LogP) is 0.986. The van der Waals surface area contributed by atoms with Crippen LogP contribution in [-0.4, -0.2) is 43.5 Å². The molecular formula is C13H15ClN2O3. The standard InChI is InChI=1S/C13H15ClN2O3/c1-19-13(18)12(9-4-2-3-5-10(9)14)16-7-6-15-11(17)8-16/h2-5,12H,6-8H2,1H3,(H,15,17)/t12-/m1/s1. The Morgan fingerprint density at radius 2 is 2.21 bits per heavy atom. The van der Waals surface area contributed by atoms with E-state index in [1.54, 1.807) is 29.2 Å². The van der Waals surface area contributed by atoms with Gasteiger partial charge in [0.05, 0.1) is 13.7 Å². The number of carbonyl (C=O) groups excluding carboxylic acids is 2. The first-order valence-corrected chi connectivity index (χ1v) is 6.34. The van der Waals surface area contributed by atoms with Crippen molar-refractivity contribution in [2.45, 2.75) is 6.04 Å². The average Bonchev–Trinajstić information content (AvgIpc) is 2.41. The summed E-state index contributed by atoms with van der Waals surface area (Å²) in [5.41, 5.74) is 0.658. The highest BCUT2D eigenvalue weighted by Gasteiger charge is 2.32. The highest BCUT2D eigenvalue weighted by Crippen LogP contribution is 2.28. The van der Waals surface area contributed by atoms with Crippen LogP contribution < -0.4 is 5.32 Å². The summed E-state index contributed by atoms with van der Waals surface area (Å²) >= 11 is 6.14. The second kappa shape index (κ2) is 6.04. The van der Waals surface area contributed by atoms with Crippen LogP contribution in [0, 0.1) is 0 Å². The molecule has 1 heterocycles. The summed E-state index contributed by atoms with van der Waals surface area (Å²) in [6.45, 7) is 1.25. The number of nitrogens with one attached hydrogen (secondary N) is 1. The molecular weight excluding hydrogens is 268 g/mol. The molecule has 0 bridgehead atoms. The number of ether oxygens (including phenoxy) is 1. The molecule has 0 aromatic heterocycles. The van der Waals surface area contributed by atoms with Gasteiger partial charge in [-0.3, -0.25) is 9.69 Å². The number of nitrogens with zero attached hydrogens (tertiary/aromatic N) is 1. The second-order valence-electron chi connectivity index (χ2n) is 4.27. The third kappa shape index (κ3) is 3.05. The van der Waals surface area contributed by atoms with Crippen LogP contribution in [0.15, 0.2) is 24.3 Å². The Labute approximate surface area is 116 Å². The highest BCUT2D eigenvalue weighted by atomic mass is 35.5. The first-order valence-electron chi connectivity index (χ1n) is 5.96. The van der Waals surface area contributed by atoms with E-state index in [0.29, 0.717) is 23.7 Å². The van der Waals surface area contributed by atoms with Crippen molar-refractivity contribution in [3.05, 3.63) is 34.9 Å². The van der Waals surface area contributed by atoms with Crippen molar-refractivity contribution in [1.29, 1.82) is 0 Å². The second-order valence-corrected chi connectivity index (χ2v) is 4.67. The van der Waals surface area contributed by atoms with Crippen molar-refractivity contribution in [2.75, 3.05) is 26.7 Å². The third-order valence-corrected chi connectivity index (χ3v) is 3.40. The summed E-state index contributed by atoms with van der Waals surface area (Å²) < 4.78 is 4.84. The molecule has 1 aliphatic rings. The molecule has 19 heavy (non-hydrogen) atoms. The zero-order chi connectivity index (χ0) is 13.8. The Balaban J connectivity index is 2.33. The minimum Gasteiger partial charge on any atom is -0.468 e. The molecule has 102 valence electrons. The Hall–Kier alpha value is -1.59. The van der Waals surface area contributed by atoms with Crippen molar-refractivity contribution in [3.8, 4) is 0 Å².